The third kappa shape index (κ3) is 3.94. The Morgan fingerprint density at radius 2 is 0.695 bits per heavy atom. The summed E-state index contributed by atoms with van der Waals surface area (Å²) in [4.78, 5) is 0. The molecule has 0 saturated heterocycles. The quantitative estimate of drug-likeness (QED) is 0.125. The van der Waals surface area contributed by atoms with Crippen LogP contribution in [-0.2, 0) is 0 Å². The minimum atomic E-state index is 1.24. The zero-order valence-electron chi connectivity index (χ0n) is 32.4. The van der Waals surface area contributed by atoms with Gasteiger partial charge in [-0.25, -0.2) is 0 Å². The fourth-order valence-electron chi connectivity index (χ4n) is 11.5. The highest BCUT2D eigenvalue weighted by atomic mass is 14.3. The molecule has 0 radical (unpaired) electrons. The van der Waals surface area contributed by atoms with Crippen molar-refractivity contribution in [3.63, 3.8) is 0 Å². The number of fused-ring (bicyclic) bond motifs is 10. The van der Waals surface area contributed by atoms with E-state index in [0.29, 0.717) is 0 Å². The van der Waals surface area contributed by atoms with Crippen molar-refractivity contribution in [2.75, 3.05) is 0 Å². The van der Waals surface area contributed by atoms with Crippen LogP contribution in [0.1, 0.15) is 5.56 Å². The first-order valence-corrected chi connectivity index (χ1v) is 20.8. The number of hydrogen-bond donors (Lipinski definition) is 0. The topological polar surface area (TPSA) is 0 Å². The van der Waals surface area contributed by atoms with Crippen molar-refractivity contribution >= 4 is 108 Å². The van der Waals surface area contributed by atoms with Crippen molar-refractivity contribution in [3.8, 4) is 33.4 Å². The summed E-state index contributed by atoms with van der Waals surface area (Å²) < 4.78 is 0. The fraction of sp³-hybridized carbons (Fsp3) is 0.0169. The molecule has 0 spiro atoms. The van der Waals surface area contributed by atoms with E-state index in [0.717, 1.165) is 0 Å². The Kier molecular flexibility index (Phi) is 6.05. The highest BCUT2D eigenvalue weighted by Gasteiger charge is 2.29. The van der Waals surface area contributed by atoms with Crippen LogP contribution in [-0.4, -0.2) is 0 Å². The molecule has 0 saturated carbocycles. The Balaban J connectivity index is 1.35. The van der Waals surface area contributed by atoms with Crippen molar-refractivity contribution < 1.29 is 0 Å². The first-order valence-electron chi connectivity index (χ1n) is 20.8. The van der Waals surface area contributed by atoms with Gasteiger partial charge in [-0.3, -0.25) is 0 Å². The molecule has 0 amide bonds. The first kappa shape index (κ1) is 31.5. The molecule has 0 heteroatoms. The van der Waals surface area contributed by atoms with E-state index in [1.54, 1.807) is 0 Å². The summed E-state index contributed by atoms with van der Waals surface area (Å²) in [6.45, 7) is 2.27. The maximum atomic E-state index is 2.57. The Labute approximate surface area is 340 Å². The van der Waals surface area contributed by atoms with Gasteiger partial charge in [0.25, 0.3) is 0 Å². The monoisotopic (exact) mass is 742 g/mol. The van der Waals surface area contributed by atoms with Gasteiger partial charge in [0.05, 0.1) is 0 Å². The molecule has 0 N–H and O–H groups in total. The first-order chi connectivity index (χ1) is 29.2. The number of aryl methyl sites for hydroxylation is 1. The van der Waals surface area contributed by atoms with E-state index in [4.69, 9.17) is 0 Å². The lowest BCUT2D eigenvalue weighted by atomic mass is 9.81. The SMILES string of the molecule is Cc1ccc2c3c1cccc3c1c3c(cc4c(-c5ccccc5)c5c6ccc(-c7ccccc7)c7c(-c8ccccc8)ccc(c76)c5c2c41)c1cccc2cccc3c21. The van der Waals surface area contributed by atoms with Crippen molar-refractivity contribution in [3.05, 3.63) is 194 Å². The van der Waals surface area contributed by atoms with Crippen LogP contribution in [0.25, 0.3) is 141 Å². The molecule has 14 aromatic rings. The van der Waals surface area contributed by atoms with Gasteiger partial charge in [-0.1, -0.05) is 182 Å². The van der Waals surface area contributed by atoms with Crippen molar-refractivity contribution in [1.29, 1.82) is 0 Å². The van der Waals surface area contributed by atoms with Crippen LogP contribution in [0.5, 0.6) is 0 Å². The Morgan fingerprint density at radius 3 is 1.37 bits per heavy atom. The van der Waals surface area contributed by atoms with Gasteiger partial charge in [-0.2, -0.15) is 0 Å². The fourth-order valence-corrected chi connectivity index (χ4v) is 11.5. The molecule has 0 nitrogen and oxygen atoms in total. The van der Waals surface area contributed by atoms with Gasteiger partial charge in [-0.05, 0) is 160 Å². The predicted molar refractivity (Wildman–Crippen MR) is 256 cm³/mol. The maximum Gasteiger partial charge on any atom is -0.000673 e. The second-order valence-electron chi connectivity index (χ2n) is 16.6. The number of rotatable bonds is 3. The molecule has 0 atom stereocenters. The predicted octanol–water partition coefficient (Wildman–Crippen LogP) is 16.8. The Bertz CT molecular complexity index is 3980. The summed E-state index contributed by atoms with van der Waals surface area (Å²) in [5.41, 5.74) is 8.89. The van der Waals surface area contributed by atoms with Gasteiger partial charge < -0.3 is 0 Å². The van der Waals surface area contributed by atoms with Crippen LogP contribution >= 0.6 is 0 Å². The molecule has 0 fully saturated rings. The molecule has 0 unspecified atom stereocenters. The molecule has 0 aromatic heterocycles. The van der Waals surface area contributed by atoms with Crippen LogP contribution in [0.3, 0.4) is 0 Å². The van der Waals surface area contributed by atoms with E-state index >= 15 is 0 Å². The second kappa shape index (κ2) is 11.3. The molecule has 270 valence electrons. The third-order valence-corrected chi connectivity index (χ3v) is 13.8. The van der Waals surface area contributed by atoms with E-state index in [2.05, 4.69) is 195 Å². The van der Waals surface area contributed by atoms with Crippen LogP contribution in [0.4, 0.5) is 0 Å². The van der Waals surface area contributed by atoms with Gasteiger partial charge >= 0.3 is 0 Å². The van der Waals surface area contributed by atoms with Gasteiger partial charge in [0.15, 0.2) is 0 Å². The van der Waals surface area contributed by atoms with Gasteiger partial charge in [0.2, 0.25) is 0 Å². The lowest BCUT2D eigenvalue weighted by Gasteiger charge is -2.21. The normalized spacial score (nSPS) is 12.5. The summed E-state index contributed by atoms with van der Waals surface area (Å²) in [6, 6.07) is 71.0. The van der Waals surface area contributed by atoms with E-state index < -0.39 is 0 Å². The Morgan fingerprint density at radius 1 is 0.237 bits per heavy atom. The second-order valence-corrected chi connectivity index (χ2v) is 16.6. The third-order valence-electron chi connectivity index (χ3n) is 13.8. The van der Waals surface area contributed by atoms with Crippen molar-refractivity contribution in [2.45, 2.75) is 6.92 Å². The average Bonchev–Trinajstić information content (AvgIpc) is 3.80. The van der Waals surface area contributed by atoms with Crippen molar-refractivity contribution in [2.24, 2.45) is 0 Å². The zero-order chi connectivity index (χ0) is 38.5. The molecule has 0 bridgehead atoms. The minimum absolute atomic E-state index is 1.24. The van der Waals surface area contributed by atoms with Gasteiger partial charge in [0, 0.05) is 0 Å². The van der Waals surface area contributed by atoms with E-state index in [1.165, 1.54) is 147 Å². The summed E-state index contributed by atoms with van der Waals surface area (Å²) in [7, 11) is 0. The molecular weight excluding hydrogens is 709 g/mol. The molecular formula is C59H34. The lowest BCUT2D eigenvalue weighted by molar-refractivity contribution is 1.55. The zero-order valence-corrected chi connectivity index (χ0v) is 32.4. The highest BCUT2D eigenvalue weighted by molar-refractivity contribution is 6.53. The van der Waals surface area contributed by atoms with E-state index in [1.807, 2.05) is 0 Å². The van der Waals surface area contributed by atoms with Crippen LogP contribution < -0.4 is 0 Å². The largest absolute Gasteiger partial charge is 0.0622 e. The summed E-state index contributed by atoms with van der Waals surface area (Å²) >= 11 is 0. The van der Waals surface area contributed by atoms with Gasteiger partial charge in [0.1, 0.15) is 0 Å². The van der Waals surface area contributed by atoms with E-state index in [-0.39, 0.29) is 0 Å². The molecule has 14 aromatic carbocycles. The maximum absolute atomic E-state index is 2.57. The van der Waals surface area contributed by atoms with Crippen LogP contribution in [0, 0.1) is 6.92 Å². The Hall–Kier alpha value is -7.54. The average molecular weight is 743 g/mol. The molecule has 0 aliphatic carbocycles. The minimum Gasteiger partial charge on any atom is -0.0622 e. The van der Waals surface area contributed by atoms with E-state index in [9.17, 15) is 0 Å². The smallest absolute Gasteiger partial charge is 0.000673 e. The summed E-state index contributed by atoms with van der Waals surface area (Å²) in [5, 5.41) is 26.8. The summed E-state index contributed by atoms with van der Waals surface area (Å²) in [5.74, 6) is 0. The number of hydrogen-bond acceptors (Lipinski definition) is 0. The molecule has 14 rings (SSSR count). The standard InChI is InChI=1S/C59H34/c1-33-26-27-44-51-38(33)22-13-25-43(51)56-54-42-24-12-21-36-20-11-23-41(49(36)42)47(54)32-48-50(37-18-9-4-10-19-37)55-45-30-28-39(34-14-5-2-6-15-34)52-40(35-16-7-3-8-17-35)29-31-46(53(45)52)58(55)57(44)59(48)56/h2-32H,1H3. The highest BCUT2D eigenvalue weighted by Crippen LogP contribution is 2.57. The van der Waals surface area contributed by atoms with Crippen LogP contribution in [0.15, 0.2) is 188 Å². The summed E-state index contributed by atoms with van der Waals surface area (Å²) in [6.07, 6.45) is 0. The van der Waals surface area contributed by atoms with Crippen molar-refractivity contribution in [1.82, 2.24) is 0 Å². The molecule has 0 heterocycles. The number of benzene rings is 12. The van der Waals surface area contributed by atoms with Gasteiger partial charge in [-0.15, -0.1) is 0 Å². The van der Waals surface area contributed by atoms with Crippen LogP contribution in [0.2, 0.25) is 0 Å². The molecule has 59 heavy (non-hydrogen) atoms. The molecule has 0 aliphatic heterocycles. The lowest BCUT2D eigenvalue weighted by Crippen LogP contribution is -1.92. The molecule has 0 aliphatic rings.